The van der Waals surface area contributed by atoms with Gasteiger partial charge in [-0.2, -0.15) is 0 Å². The first kappa shape index (κ1) is 8.85. The predicted molar refractivity (Wildman–Crippen MR) is 33.8 cm³/mol. The van der Waals surface area contributed by atoms with Crippen molar-refractivity contribution < 1.29 is 14.6 Å². The van der Waals surface area contributed by atoms with E-state index in [0.717, 1.165) is 0 Å². The van der Waals surface area contributed by atoms with Crippen LogP contribution in [0.1, 0.15) is 13.3 Å². The van der Waals surface area contributed by atoms with Crippen molar-refractivity contribution in [2.45, 2.75) is 17.9 Å². The highest BCUT2D eigenvalue weighted by Gasteiger charge is 2.25. The van der Waals surface area contributed by atoms with E-state index in [1.165, 1.54) is 0 Å². The molecule has 54 valence electrons. The quantitative estimate of drug-likeness (QED) is 0.514. The fraction of sp³-hybridized carbons (Fsp3) is 0.750. The number of alkyl halides is 2. The second-order valence-electron chi connectivity index (χ2n) is 1.36. The van der Waals surface area contributed by atoms with E-state index in [9.17, 15) is 4.79 Å². The highest BCUT2D eigenvalue weighted by molar-refractivity contribution is 6.47. The molecule has 0 fully saturated rings. The standard InChI is InChI=1S/C4H6Cl2O3/c1-2-4(5,6)9-3(7)8/h2H2,1H3,(H,7,8). The second-order valence-corrected chi connectivity index (χ2v) is 2.77. The lowest BCUT2D eigenvalue weighted by Gasteiger charge is -2.14. The molecule has 1 N–H and O–H groups in total. The maximum Gasteiger partial charge on any atom is 0.508 e. The predicted octanol–water partition coefficient (Wildman–Crippen LogP) is 2.22. The Hall–Kier alpha value is -0.150. The van der Waals surface area contributed by atoms with E-state index >= 15 is 0 Å². The Balaban J connectivity index is 3.71. The van der Waals surface area contributed by atoms with Gasteiger partial charge in [0.05, 0.1) is 0 Å². The van der Waals surface area contributed by atoms with Crippen LogP contribution in [0.5, 0.6) is 0 Å². The van der Waals surface area contributed by atoms with Crippen LogP contribution in [0.4, 0.5) is 4.79 Å². The Morgan fingerprint density at radius 2 is 2.22 bits per heavy atom. The smallest absolute Gasteiger partial charge is 0.450 e. The molecular formula is C4H6Cl2O3. The topological polar surface area (TPSA) is 46.5 Å². The van der Waals surface area contributed by atoms with Crippen LogP contribution in [-0.2, 0) is 4.74 Å². The SMILES string of the molecule is CCC(Cl)(Cl)OC(=O)O. The maximum atomic E-state index is 9.78. The van der Waals surface area contributed by atoms with Crippen molar-refractivity contribution in [3.8, 4) is 0 Å². The van der Waals surface area contributed by atoms with Crippen molar-refractivity contribution >= 4 is 29.4 Å². The molecule has 0 aliphatic carbocycles. The molecule has 0 saturated heterocycles. The largest absolute Gasteiger partial charge is 0.508 e. The van der Waals surface area contributed by atoms with Crippen LogP contribution in [0.15, 0.2) is 0 Å². The van der Waals surface area contributed by atoms with Crippen LogP contribution in [-0.4, -0.2) is 15.8 Å². The molecule has 0 aliphatic rings. The van der Waals surface area contributed by atoms with Gasteiger partial charge in [-0.3, -0.25) is 0 Å². The van der Waals surface area contributed by atoms with E-state index in [4.69, 9.17) is 28.3 Å². The van der Waals surface area contributed by atoms with Crippen molar-refractivity contribution in [1.82, 2.24) is 0 Å². The molecule has 0 aromatic rings. The van der Waals surface area contributed by atoms with Gasteiger partial charge in [-0.15, -0.1) is 0 Å². The summed E-state index contributed by atoms with van der Waals surface area (Å²) in [5.41, 5.74) is 0. The monoisotopic (exact) mass is 172 g/mol. The first-order chi connectivity index (χ1) is 3.98. The first-order valence-electron chi connectivity index (χ1n) is 2.27. The van der Waals surface area contributed by atoms with Crippen molar-refractivity contribution in [2.75, 3.05) is 0 Å². The van der Waals surface area contributed by atoms with Gasteiger partial charge in [-0.25, -0.2) is 4.79 Å². The molecule has 0 atom stereocenters. The Labute approximate surface area is 62.5 Å². The molecule has 5 heteroatoms. The third-order valence-electron chi connectivity index (χ3n) is 0.648. The van der Waals surface area contributed by atoms with Gasteiger partial charge in [-0.05, 0) is 0 Å². The van der Waals surface area contributed by atoms with Crippen LogP contribution in [0.2, 0.25) is 0 Å². The Morgan fingerprint density at radius 1 is 1.78 bits per heavy atom. The number of carboxylic acid groups (broad SMARTS) is 1. The fourth-order valence-corrected chi connectivity index (χ4v) is 0.332. The number of hydrogen-bond acceptors (Lipinski definition) is 2. The lowest BCUT2D eigenvalue weighted by molar-refractivity contribution is 0.0641. The van der Waals surface area contributed by atoms with Crippen LogP contribution < -0.4 is 0 Å². The van der Waals surface area contributed by atoms with E-state index in [1.807, 2.05) is 0 Å². The molecule has 9 heavy (non-hydrogen) atoms. The number of halogens is 2. The molecule has 0 radical (unpaired) electrons. The molecule has 0 amide bonds. The minimum absolute atomic E-state index is 0.225. The van der Waals surface area contributed by atoms with Gasteiger partial charge in [0.2, 0.25) is 0 Å². The molecule has 0 aromatic carbocycles. The zero-order valence-electron chi connectivity index (χ0n) is 4.73. The highest BCUT2D eigenvalue weighted by atomic mass is 35.5. The van der Waals surface area contributed by atoms with Crippen molar-refractivity contribution in [3.63, 3.8) is 0 Å². The van der Waals surface area contributed by atoms with Gasteiger partial charge < -0.3 is 9.84 Å². The summed E-state index contributed by atoms with van der Waals surface area (Å²) in [7, 11) is 0. The average Bonchev–Trinajstić information content (AvgIpc) is 1.63. The van der Waals surface area contributed by atoms with Crippen LogP contribution in [0, 0.1) is 0 Å². The molecule has 0 heterocycles. The summed E-state index contributed by atoms with van der Waals surface area (Å²) in [6.07, 6.45) is -1.25. The lowest BCUT2D eigenvalue weighted by atomic mass is 10.5. The Morgan fingerprint density at radius 3 is 2.33 bits per heavy atom. The molecule has 0 spiro atoms. The van der Waals surface area contributed by atoms with Crippen molar-refractivity contribution in [1.29, 1.82) is 0 Å². The molecule has 0 saturated carbocycles. The molecular weight excluding hydrogens is 167 g/mol. The van der Waals surface area contributed by atoms with E-state index in [1.54, 1.807) is 6.92 Å². The molecule has 0 bridgehead atoms. The van der Waals surface area contributed by atoms with E-state index in [-0.39, 0.29) is 6.42 Å². The zero-order valence-corrected chi connectivity index (χ0v) is 6.24. The molecule has 3 nitrogen and oxygen atoms in total. The fourth-order valence-electron chi connectivity index (χ4n) is 0.200. The van der Waals surface area contributed by atoms with E-state index < -0.39 is 10.7 Å². The van der Waals surface area contributed by atoms with Gasteiger partial charge in [0.15, 0.2) is 0 Å². The van der Waals surface area contributed by atoms with Gasteiger partial charge in [0.25, 0.3) is 4.52 Å². The van der Waals surface area contributed by atoms with Gasteiger partial charge in [0, 0.05) is 6.42 Å². The van der Waals surface area contributed by atoms with Crippen molar-refractivity contribution in [3.05, 3.63) is 0 Å². The van der Waals surface area contributed by atoms with E-state index in [2.05, 4.69) is 4.74 Å². The minimum Gasteiger partial charge on any atom is -0.450 e. The lowest BCUT2D eigenvalue weighted by Crippen LogP contribution is -2.19. The average molecular weight is 173 g/mol. The van der Waals surface area contributed by atoms with Crippen LogP contribution >= 0.6 is 23.2 Å². The van der Waals surface area contributed by atoms with Crippen molar-refractivity contribution in [2.24, 2.45) is 0 Å². The van der Waals surface area contributed by atoms with Gasteiger partial charge in [0.1, 0.15) is 0 Å². The molecule has 0 aromatic heterocycles. The summed E-state index contributed by atoms with van der Waals surface area (Å²) < 4.78 is 2.44. The molecule has 0 unspecified atom stereocenters. The molecule has 0 aliphatic heterocycles. The minimum atomic E-state index is -1.59. The van der Waals surface area contributed by atoms with Gasteiger partial charge >= 0.3 is 6.16 Å². The summed E-state index contributed by atoms with van der Waals surface area (Å²) in [5, 5.41) is 7.99. The van der Waals surface area contributed by atoms with Crippen LogP contribution in [0.25, 0.3) is 0 Å². The Kier molecular flexibility index (Phi) is 3.08. The number of hydrogen-bond donors (Lipinski definition) is 1. The summed E-state index contributed by atoms with van der Waals surface area (Å²) in [5.74, 6) is 0. The van der Waals surface area contributed by atoms with Gasteiger partial charge in [-0.1, -0.05) is 30.1 Å². The maximum absolute atomic E-state index is 9.78. The third-order valence-corrected chi connectivity index (χ3v) is 1.34. The highest BCUT2D eigenvalue weighted by Crippen LogP contribution is 2.25. The third kappa shape index (κ3) is 4.36. The molecule has 0 rings (SSSR count). The number of rotatable bonds is 2. The Bertz CT molecular complexity index is 112. The first-order valence-corrected chi connectivity index (χ1v) is 3.03. The number of ether oxygens (including phenoxy) is 1. The summed E-state index contributed by atoms with van der Waals surface area (Å²) in [4.78, 5) is 9.78. The summed E-state index contributed by atoms with van der Waals surface area (Å²) >= 11 is 10.6. The normalized spacial score (nSPS) is 11.0. The summed E-state index contributed by atoms with van der Waals surface area (Å²) in [6, 6.07) is 0. The number of carbonyl (C=O) groups is 1. The summed E-state index contributed by atoms with van der Waals surface area (Å²) in [6.45, 7) is 1.61. The van der Waals surface area contributed by atoms with E-state index in [0.29, 0.717) is 0 Å². The second kappa shape index (κ2) is 3.13. The van der Waals surface area contributed by atoms with Crippen LogP contribution in [0.3, 0.4) is 0 Å². The zero-order chi connectivity index (χ0) is 7.49.